The fourth-order valence-corrected chi connectivity index (χ4v) is 2.87. The number of halogens is 1. The Morgan fingerprint density at radius 3 is 2.35 bits per heavy atom. The molecule has 0 amide bonds. The summed E-state index contributed by atoms with van der Waals surface area (Å²) in [6.07, 6.45) is 0. The highest BCUT2D eigenvalue weighted by Gasteiger charge is 2.19. The normalized spacial score (nSPS) is 10.2. The van der Waals surface area contributed by atoms with Gasteiger partial charge in [0.1, 0.15) is 11.4 Å². The highest BCUT2D eigenvalue weighted by Crippen LogP contribution is 2.35. The molecule has 2 aromatic carbocycles. The summed E-state index contributed by atoms with van der Waals surface area (Å²) in [7, 11) is 2.46. The summed E-state index contributed by atoms with van der Waals surface area (Å²) in [5, 5.41) is 0. The molecule has 2 aromatic rings. The van der Waals surface area contributed by atoms with Crippen LogP contribution in [0.1, 0.15) is 20.7 Å². The molecule has 0 saturated heterocycles. The minimum Gasteiger partial charge on any atom is -0.465 e. The number of hydrogen-bond donors (Lipinski definition) is 1. The van der Waals surface area contributed by atoms with Crippen LogP contribution in [-0.4, -0.2) is 26.2 Å². The molecule has 2 N–H and O–H groups in total. The molecule has 7 heteroatoms. The zero-order valence-electron chi connectivity index (χ0n) is 12.5. The van der Waals surface area contributed by atoms with Gasteiger partial charge in [0.25, 0.3) is 0 Å². The Morgan fingerprint density at radius 2 is 1.74 bits per heavy atom. The molecule has 0 heterocycles. The second kappa shape index (κ2) is 7.15. The van der Waals surface area contributed by atoms with Gasteiger partial charge in [-0.25, -0.2) is 14.0 Å². The van der Waals surface area contributed by atoms with Crippen molar-refractivity contribution in [3.8, 4) is 0 Å². The van der Waals surface area contributed by atoms with E-state index in [0.29, 0.717) is 21.0 Å². The Kier molecular flexibility index (Phi) is 5.23. The highest BCUT2D eigenvalue weighted by molar-refractivity contribution is 7.99. The van der Waals surface area contributed by atoms with Gasteiger partial charge in [-0.15, -0.1) is 0 Å². The van der Waals surface area contributed by atoms with E-state index in [1.165, 1.54) is 32.4 Å². The third-order valence-electron chi connectivity index (χ3n) is 3.02. The molecule has 0 radical (unpaired) electrons. The number of hydrogen-bond acceptors (Lipinski definition) is 6. The summed E-state index contributed by atoms with van der Waals surface area (Å²) in [5.41, 5.74) is 6.39. The van der Waals surface area contributed by atoms with Crippen molar-refractivity contribution < 1.29 is 23.5 Å². The van der Waals surface area contributed by atoms with Crippen LogP contribution in [-0.2, 0) is 9.47 Å². The second-order valence-electron chi connectivity index (χ2n) is 4.45. The fourth-order valence-electron chi connectivity index (χ4n) is 1.89. The summed E-state index contributed by atoms with van der Waals surface area (Å²) in [5.74, 6) is -1.95. The lowest BCUT2D eigenvalue weighted by Crippen LogP contribution is -2.06. The Bertz CT molecular complexity index is 764. The van der Waals surface area contributed by atoms with Crippen LogP contribution in [0.3, 0.4) is 0 Å². The molecule has 0 aliphatic rings. The maximum Gasteiger partial charge on any atom is 0.342 e. The Balaban J connectivity index is 2.39. The molecule has 2 rings (SSSR count). The van der Waals surface area contributed by atoms with E-state index in [1.54, 1.807) is 18.2 Å². The lowest BCUT2D eigenvalue weighted by atomic mass is 10.2. The monoisotopic (exact) mass is 335 g/mol. The van der Waals surface area contributed by atoms with Crippen LogP contribution in [0, 0.1) is 5.82 Å². The van der Waals surface area contributed by atoms with Gasteiger partial charge >= 0.3 is 11.9 Å². The van der Waals surface area contributed by atoms with Gasteiger partial charge in [-0.2, -0.15) is 0 Å². The standard InChI is InChI=1S/C16H14FNO4S/c1-21-15(19)9-6-7-12(11(18)8-9)23-13-5-3-4-10(17)14(13)16(20)22-2/h3-8H,18H2,1-2H3. The predicted molar refractivity (Wildman–Crippen MR) is 84.1 cm³/mol. The van der Waals surface area contributed by atoms with Crippen molar-refractivity contribution in [2.24, 2.45) is 0 Å². The van der Waals surface area contributed by atoms with Crippen LogP contribution in [0.2, 0.25) is 0 Å². The molecule has 0 saturated carbocycles. The van der Waals surface area contributed by atoms with Crippen molar-refractivity contribution in [3.05, 3.63) is 53.3 Å². The molecule has 0 aromatic heterocycles. The molecule has 0 unspecified atom stereocenters. The maximum absolute atomic E-state index is 13.9. The number of nitrogen functional groups attached to an aromatic ring is 1. The first-order valence-electron chi connectivity index (χ1n) is 6.50. The van der Waals surface area contributed by atoms with Crippen LogP contribution in [0.5, 0.6) is 0 Å². The van der Waals surface area contributed by atoms with Gasteiger partial charge in [0.05, 0.1) is 19.8 Å². The number of methoxy groups -OCH3 is 2. The molecular weight excluding hydrogens is 321 g/mol. The van der Waals surface area contributed by atoms with Gasteiger partial charge in [-0.1, -0.05) is 17.8 Å². The van der Waals surface area contributed by atoms with E-state index < -0.39 is 17.8 Å². The van der Waals surface area contributed by atoms with Gasteiger partial charge in [0.2, 0.25) is 0 Å². The molecule has 23 heavy (non-hydrogen) atoms. The largest absolute Gasteiger partial charge is 0.465 e. The summed E-state index contributed by atoms with van der Waals surface area (Å²) >= 11 is 1.11. The van der Waals surface area contributed by atoms with Gasteiger partial charge in [-0.3, -0.25) is 0 Å². The number of carbonyl (C=O) groups excluding carboxylic acids is 2. The third kappa shape index (κ3) is 3.62. The van der Waals surface area contributed by atoms with E-state index in [-0.39, 0.29) is 5.56 Å². The zero-order chi connectivity index (χ0) is 17.0. The molecule has 0 bridgehead atoms. The number of ether oxygens (including phenoxy) is 2. The molecule has 0 atom stereocenters. The highest BCUT2D eigenvalue weighted by atomic mass is 32.2. The molecular formula is C16H14FNO4S. The first-order valence-corrected chi connectivity index (χ1v) is 7.32. The maximum atomic E-state index is 13.9. The topological polar surface area (TPSA) is 78.6 Å². The Labute approximate surface area is 136 Å². The number of carbonyl (C=O) groups is 2. The van der Waals surface area contributed by atoms with E-state index in [4.69, 9.17) is 5.73 Å². The average molecular weight is 335 g/mol. The summed E-state index contributed by atoms with van der Waals surface area (Å²) in [4.78, 5) is 24.2. The van der Waals surface area contributed by atoms with Gasteiger partial charge in [-0.05, 0) is 30.3 Å². The zero-order valence-corrected chi connectivity index (χ0v) is 13.3. The predicted octanol–water partition coefficient (Wildman–Crippen LogP) is 3.13. The first-order chi connectivity index (χ1) is 11.0. The van der Waals surface area contributed by atoms with E-state index in [0.717, 1.165) is 11.8 Å². The van der Waals surface area contributed by atoms with Crippen molar-refractivity contribution in [2.45, 2.75) is 9.79 Å². The quantitative estimate of drug-likeness (QED) is 0.683. The van der Waals surface area contributed by atoms with E-state index in [2.05, 4.69) is 9.47 Å². The number of esters is 2. The van der Waals surface area contributed by atoms with Gasteiger partial charge in [0.15, 0.2) is 0 Å². The average Bonchev–Trinajstić information content (AvgIpc) is 2.55. The SMILES string of the molecule is COC(=O)c1ccc(Sc2cccc(F)c2C(=O)OC)c(N)c1. The minimum atomic E-state index is -0.768. The molecule has 0 aliphatic carbocycles. The van der Waals surface area contributed by atoms with E-state index in [1.807, 2.05) is 0 Å². The molecule has 0 spiro atoms. The molecule has 0 fully saturated rings. The van der Waals surface area contributed by atoms with Crippen LogP contribution in [0.4, 0.5) is 10.1 Å². The van der Waals surface area contributed by atoms with Crippen LogP contribution >= 0.6 is 11.8 Å². The molecule has 0 aliphatic heterocycles. The number of nitrogens with two attached hydrogens (primary N) is 1. The van der Waals surface area contributed by atoms with Gasteiger partial charge < -0.3 is 15.2 Å². The third-order valence-corrected chi connectivity index (χ3v) is 4.17. The van der Waals surface area contributed by atoms with Crippen LogP contribution < -0.4 is 5.73 Å². The smallest absolute Gasteiger partial charge is 0.342 e. The summed E-state index contributed by atoms with van der Waals surface area (Å²) < 4.78 is 23.1. The molecule has 120 valence electrons. The van der Waals surface area contributed by atoms with E-state index in [9.17, 15) is 14.0 Å². The molecule has 5 nitrogen and oxygen atoms in total. The second-order valence-corrected chi connectivity index (χ2v) is 5.53. The minimum absolute atomic E-state index is 0.156. The lowest BCUT2D eigenvalue weighted by molar-refractivity contribution is 0.0586. The van der Waals surface area contributed by atoms with Crippen LogP contribution in [0.15, 0.2) is 46.2 Å². The summed E-state index contributed by atoms with van der Waals surface area (Å²) in [6, 6.07) is 8.88. The summed E-state index contributed by atoms with van der Waals surface area (Å²) in [6.45, 7) is 0. The Hall–Kier alpha value is -2.54. The first kappa shape index (κ1) is 16.8. The number of anilines is 1. The fraction of sp³-hybridized carbons (Fsp3) is 0.125. The van der Waals surface area contributed by atoms with E-state index >= 15 is 0 Å². The Morgan fingerprint density at radius 1 is 1.04 bits per heavy atom. The van der Waals surface area contributed by atoms with Gasteiger partial charge in [0, 0.05) is 15.5 Å². The van der Waals surface area contributed by atoms with Crippen molar-refractivity contribution in [1.29, 1.82) is 0 Å². The van der Waals surface area contributed by atoms with Crippen molar-refractivity contribution in [2.75, 3.05) is 20.0 Å². The van der Waals surface area contributed by atoms with Crippen molar-refractivity contribution >= 4 is 29.4 Å². The lowest BCUT2D eigenvalue weighted by Gasteiger charge is -2.11. The van der Waals surface area contributed by atoms with Crippen molar-refractivity contribution in [1.82, 2.24) is 0 Å². The number of rotatable bonds is 4. The van der Waals surface area contributed by atoms with Crippen molar-refractivity contribution in [3.63, 3.8) is 0 Å². The van der Waals surface area contributed by atoms with Crippen LogP contribution in [0.25, 0.3) is 0 Å². The number of benzene rings is 2.